The predicted octanol–water partition coefficient (Wildman–Crippen LogP) is 0.869. The summed E-state index contributed by atoms with van der Waals surface area (Å²) in [5.41, 5.74) is 2.35. The van der Waals surface area contributed by atoms with Crippen molar-refractivity contribution >= 4 is 11.6 Å². The summed E-state index contributed by atoms with van der Waals surface area (Å²) < 4.78 is 0. The number of carbonyl (C=O) groups is 1. The van der Waals surface area contributed by atoms with E-state index in [2.05, 4.69) is 29.3 Å². The van der Waals surface area contributed by atoms with Crippen LogP contribution in [0.1, 0.15) is 12.5 Å². The fourth-order valence-electron chi connectivity index (χ4n) is 3.07. The van der Waals surface area contributed by atoms with Crippen LogP contribution in [-0.2, 0) is 11.2 Å². The molecule has 4 heteroatoms. The van der Waals surface area contributed by atoms with Crippen molar-refractivity contribution in [3.8, 4) is 0 Å². The lowest BCUT2D eigenvalue weighted by atomic mass is 10.0. The van der Waals surface area contributed by atoms with Gasteiger partial charge in [0, 0.05) is 37.9 Å². The lowest BCUT2D eigenvalue weighted by molar-refractivity contribution is -0.122. The lowest BCUT2D eigenvalue weighted by Crippen LogP contribution is -2.63. The smallest absolute Gasteiger partial charge is 0.241 e. The fraction of sp³-hybridized carbons (Fsp3) is 0.533. The topological polar surface area (TPSA) is 35.6 Å². The Hall–Kier alpha value is -1.39. The fourth-order valence-corrected chi connectivity index (χ4v) is 3.07. The minimum Gasteiger partial charge on any atom is -0.314 e. The molecule has 0 aliphatic carbocycles. The quantitative estimate of drug-likeness (QED) is 0.856. The van der Waals surface area contributed by atoms with Crippen LogP contribution in [0.15, 0.2) is 24.3 Å². The third kappa shape index (κ3) is 2.38. The number of rotatable bonds is 2. The van der Waals surface area contributed by atoms with Crippen LogP contribution < -0.4 is 10.2 Å². The van der Waals surface area contributed by atoms with E-state index in [1.807, 2.05) is 17.0 Å². The minimum atomic E-state index is 0.235. The maximum absolute atomic E-state index is 12.4. The van der Waals surface area contributed by atoms with E-state index < -0.39 is 0 Å². The summed E-state index contributed by atoms with van der Waals surface area (Å²) in [7, 11) is 0. The van der Waals surface area contributed by atoms with E-state index in [0.29, 0.717) is 12.6 Å². The third-order valence-corrected chi connectivity index (χ3v) is 4.17. The van der Waals surface area contributed by atoms with E-state index in [1.165, 1.54) is 5.56 Å². The van der Waals surface area contributed by atoms with Crippen molar-refractivity contribution in [3.05, 3.63) is 29.8 Å². The highest BCUT2D eigenvalue weighted by atomic mass is 16.2. The van der Waals surface area contributed by atoms with Gasteiger partial charge in [-0.15, -0.1) is 0 Å². The molecule has 102 valence electrons. The summed E-state index contributed by atoms with van der Waals surface area (Å²) in [6.45, 7) is 6.47. The van der Waals surface area contributed by atoms with Crippen LogP contribution in [0.2, 0.25) is 0 Å². The number of benzene rings is 1. The number of para-hydroxylation sites is 1. The van der Waals surface area contributed by atoms with Crippen molar-refractivity contribution in [1.82, 2.24) is 10.2 Å². The Morgan fingerprint density at radius 3 is 3.05 bits per heavy atom. The number of anilines is 1. The number of hydrogen-bond acceptors (Lipinski definition) is 3. The van der Waals surface area contributed by atoms with Gasteiger partial charge in [0.1, 0.15) is 0 Å². The first-order valence-corrected chi connectivity index (χ1v) is 7.12. The molecule has 0 aromatic heterocycles. The van der Waals surface area contributed by atoms with Crippen LogP contribution in [0.25, 0.3) is 0 Å². The van der Waals surface area contributed by atoms with Gasteiger partial charge in [-0.25, -0.2) is 0 Å². The van der Waals surface area contributed by atoms with Gasteiger partial charge < -0.3 is 10.2 Å². The van der Waals surface area contributed by atoms with Crippen LogP contribution >= 0.6 is 0 Å². The molecule has 4 nitrogen and oxygen atoms in total. The van der Waals surface area contributed by atoms with E-state index in [1.54, 1.807) is 0 Å². The molecule has 1 N–H and O–H groups in total. The van der Waals surface area contributed by atoms with Gasteiger partial charge in [0.2, 0.25) is 5.91 Å². The number of hydrogen-bond donors (Lipinski definition) is 1. The Morgan fingerprint density at radius 1 is 1.37 bits per heavy atom. The standard InChI is InChI=1S/C15H21N3O/c1-2-12-5-3-4-6-14(12)18-10-13-9-16-7-8-17(13)11-15(18)19/h3-6,13,16H,2,7-11H2,1H3. The first kappa shape index (κ1) is 12.6. The molecule has 1 aromatic carbocycles. The SMILES string of the molecule is CCc1ccccc1N1CC2CNCCN2CC1=O. The van der Waals surface area contributed by atoms with E-state index in [-0.39, 0.29) is 5.91 Å². The second-order valence-corrected chi connectivity index (χ2v) is 5.32. The van der Waals surface area contributed by atoms with Gasteiger partial charge in [-0.05, 0) is 18.1 Å². The first-order valence-electron chi connectivity index (χ1n) is 7.12. The first-order chi connectivity index (χ1) is 9.29. The highest BCUT2D eigenvalue weighted by Gasteiger charge is 2.34. The molecule has 2 aliphatic rings. The number of carbonyl (C=O) groups excluding carboxylic acids is 1. The highest BCUT2D eigenvalue weighted by molar-refractivity contribution is 5.96. The third-order valence-electron chi connectivity index (χ3n) is 4.17. The van der Waals surface area contributed by atoms with Gasteiger partial charge in [-0.1, -0.05) is 25.1 Å². The molecule has 0 bridgehead atoms. The van der Waals surface area contributed by atoms with Crippen LogP contribution in [0.4, 0.5) is 5.69 Å². The van der Waals surface area contributed by atoms with E-state index in [4.69, 9.17) is 0 Å². The second-order valence-electron chi connectivity index (χ2n) is 5.32. The molecule has 2 aliphatic heterocycles. The van der Waals surface area contributed by atoms with Gasteiger partial charge in [0.25, 0.3) is 0 Å². The van der Waals surface area contributed by atoms with Gasteiger partial charge in [-0.3, -0.25) is 9.69 Å². The molecule has 0 radical (unpaired) electrons. The van der Waals surface area contributed by atoms with Crippen LogP contribution in [0, 0.1) is 0 Å². The molecule has 1 aromatic rings. The number of piperazine rings is 2. The van der Waals surface area contributed by atoms with Crippen molar-refractivity contribution in [2.24, 2.45) is 0 Å². The van der Waals surface area contributed by atoms with E-state index in [0.717, 1.165) is 38.3 Å². The Labute approximate surface area is 114 Å². The Bertz CT molecular complexity index is 474. The van der Waals surface area contributed by atoms with Crippen LogP contribution in [0.5, 0.6) is 0 Å². The molecule has 19 heavy (non-hydrogen) atoms. The van der Waals surface area contributed by atoms with Crippen molar-refractivity contribution in [1.29, 1.82) is 0 Å². The summed E-state index contributed by atoms with van der Waals surface area (Å²) in [6, 6.07) is 8.71. The number of fused-ring (bicyclic) bond motifs is 1. The molecule has 3 rings (SSSR count). The molecule has 2 heterocycles. The summed E-state index contributed by atoms with van der Waals surface area (Å²) in [4.78, 5) is 16.7. The maximum atomic E-state index is 12.4. The van der Waals surface area contributed by atoms with Crippen molar-refractivity contribution in [2.75, 3.05) is 37.6 Å². The average molecular weight is 259 g/mol. The Balaban J connectivity index is 1.86. The minimum absolute atomic E-state index is 0.235. The largest absolute Gasteiger partial charge is 0.314 e. The highest BCUT2D eigenvalue weighted by Crippen LogP contribution is 2.25. The molecular formula is C15H21N3O. The summed E-state index contributed by atoms with van der Waals surface area (Å²) in [5.74, 6) is 0.235. The molecule has 1 unspecified atom stereocenters. The van der Waals surface area contributed by atoms with Gasteiger partial charge in [-0.2, -0.15) is 0 Å². The number of aryl methyl sites for hydroxylation is 1. The summed E-state index contributed by atoms with van der Waals surface area (Å²) in [6.07, 6.45) is 0.965. The second kappa shape index (κ2) is 5.31. The van der Waals surface area contributed by atoms with Gasteiger partial charge >= 0.3 is 0 Å². The predicted molar refractivity (Wildman–Crippen MR) is 76.4 cm³/mol. The Morgan fingerprint density at radius 2 is 2.21 bits per heavy atom. The number of nitrogens with zero attached hydrogens (tertiary/aromatic N) is 2. The van der Waals surface area contributed by atoms with Crippen molar-refractivity contribution in [3.63, 3.8) is 0 Å². The van der Waals surface area contributed by atoms with Crippen LogP contribution in [-0.4, -0.2) is 49.6 Å². The molecular weight excluding hydrogens is 238 g/mol. The molecule has 0 spiro atoms. The average Bonchev–Trinajstić information content (AvgIpc) is 2.46. The van der Waals surface area contributed by atoms with Crippen LogP contribution in [0.3, 0.4) is 0 Å². The zero-order valence-corrected chi connectivity index (χ0v) is 11.4. The van der Waals surface area contributed by atoms with E-state index in [9.17, 15) is 4.79 Å². The molecule has 1 amide bonds. The molecule has 2 fully saturated rings. The summed E-state index contributed by atoms with van der Waals surface area (Å²) >= 11 is 0. The molecule has 0 saturated carbocycles. The lowest BCUT2D eigenvalue weighted by Gasteiger charge is -2.44. The van der Waals surface area contributed by atoms with Gasteiger partial charge in [0.05, 0.1) is 6.54 Å². The number of nitrogens with one attached hydrogen (secondary N) is 1. The normalized spacial score (nSPS) is 24.4. The maximum Gasteiger partial charge on any atom is 0.241 e. The van der Waals surface area contributed by atoms with Crippen molar-refractivity contribution < 1.29 is 4.79 Å². The zero-order chi connectivity index (χ0) is 13.2. The molecule has 2 saturated heterocycles. The van der Waals surface area contributed by atoms with Gasteiger partial charge in [0.15, 0.2) is 0 Å². The monoisotopic (exact) mass is 259 g/mol. The Kier molecular flexibility index (Phi) is 3.53. The molecule has 1 atom stereocenters. The summed E-state index contributed by atoms with van der Waals surface area (Å²) in [5, 5.41) is 3.42. The zero-order valence-electron chi connectivity index (χ0n) is 11.4. The van der Waals surface area contributed by atoms with E-state index >= 15 is 0 Å². The number of amides is 1. The van der Waals surface area contributed by atoms with Crippen molar-refractivity contribution in [2.45, 2.75) is 19.4 Å².